The molecule has 0 aliphatic carbocycles. The fraction of sp³-hybridized carbons (Fsp3) is 0.0769. The molecule has 2 N–H and O–H groups in total. The summed E-state index contributed by atoms with van der Waals surface area (Å²) in [5.41, 5.74) is 8.46. The van der Waals surface area contributed by atoms with Crippen molar-refractivity contribution in [1.29, 1.82) is 0 Å². The molecule has 19 heavy (non-hydrogen) atoms. The minimum atomic E-state index is -0.172. The van der Waals surface area contributed by atoms with Crippen LogP contribution < -0.4 is 5.73 Å². The fourth-order valence-electron chi connectivity index (χ4n) is 2.00. The predicted octanol–water partition coefficient (Wildman–Crippen LogP) is 2.07. The summed E-state index contributed by atoms with van der Waals surface area (Å²) in [6.07, 6.45) is 0. The molecule has 0 radical (unpaired) electrons. The molecule has 0 amide bonds. The lowest BCUT2D eigenvalue weighted by Gasteiger charge is -2.08. The number of ketones is 1. The zero-order chi connectivity index (χ0) is 13.4. The molecule has 94 valence electrons. The number of hydrogen-bond acceptors (Lipinski definition) is 6. The third-order valence-electron chi connectivity index (χ3n) is 2.85. The van der Waals surface area contributed by atoms with Crippen LogP contribution in [0.2, 0.25) is 0 Å². The van der Waals surface area contributed by atoms with Gasteiger partial charge in [0.15, 0.2) is 11.3 Å². The molecule has 0 unspecified atom stereocenters. The molecule has 0 saturated carbocycles. The van der Waals surface area contributed by atoms with Gasteiger partial charge in [0.25, 0.3) is 0 Å². The number of rotatable bonds is 2. The van der Waals surface area contributed by atoms with Crippen molar-refractivity contribution < 1.29 is 9.42 Å². The Morgan fingerprint density at radius 1 is 1.21 bits per heavy atom. The van der Waals surface area contributed by atoms with E-state index in [1.165, 1.54) is 6.92 Å². The number of anilines is 1. The highest BCUT2D eigenvalue weighted by molar-refractivity contribution is 6.09. The van der Waals surface area contributed by atoms with Gasteiger partial charge in [-0.15, -0.1) is 0 Å². The number of carbonyl (C=O) groups excluding carboxylic acids is 1. The zero-order valence-electron chi connectivity index (χ0n) is 10.1. The fourth-order valence-corrected chi connectivity index (χ4v) is 2.00. The molecular weight excluding hydrogens is 244 g/mol. The number of hydrogen-bond donors (Lipinski definition) is 1. The zero-order valence-corrected chi connectivity index (χ0v) is 10.1. The Morgan fingerprint density at radius 3 is 2.63 bits per heavy atom. The molecule has 0 atom stereocenters. The van der Waals surface area contributed by atoms with Gasteiger partial charge < -0.3 is 5.73 Å². The van der Waals surface area contributed by atoms with E-state index in [-0.39, 0.29) is 11.5 Å². The summed E-state index contributed by atoms with van der Waals surface area (Å²) in [6.45, 7) is 1.44. The number of nitrogen functional groups attached to an aromatic ring is 1. The number of nitrogens with zero attached hydrogens (tertiary/aromatic N) is 3. The van der Waals surface area contributed by atoms with Crippen LogP contribution in [0.5, 0.6) is 0 Å². The van der Waals surface area contributed by atoms with Crippen molar-refractivity contribution >= 4 is 22.6 Å². The smallest absolute Gasteiger partial charge is 0.226 e. The molecule has 0 aliphatic rings. The standard InChI is InChI=1S/C13H10N4O2/c1-7(18)9-10(14)12-13(17-19-16-12)15-11(9)8-5-3-2-4-6-8/h2-6H,14H2,1H3. The number of nitrogens with two attached hydrogens (primary N) is 1. The van der Waals surface area contributed by atoms with Crippen molar-refractivity contribution in [2.75, 3.05) is 5.73 Å². The molecule has 3 aromatic rings. The van der Waals surface area contributed by atoms with E-state index in [9.17, 15) is 4.79 Å². The van der Waals surface area contributed by atoms with Crippen molar-refractivity contribution in [2.24, 2.45) is 0 Å². The van der Waals surface area contributed by atoms with Gasteiger partial charge in [0, 0.05) is 5.56 Å². The molecule has 0 saturated heterocycles. The van der Waals surface area contributed by atoms with Crippen LogP contribution in [0, 0.1) is 0 Å². The lowest BCUT2D eigenvalue weighted by molar-refractivity contribution is 0.101. The maximum absolute atomic E-state index is 11.8. The Bertz CT molecular complexity index is 765. The first-order valence-electron chi connectivity index (χ1n) is 5.66. The Balaban J connectivity index is 2.40. The summed E-state index contributed by atoms with van der Waals surface area (Å²) in [5.74, 6) is -0.172. The summed E-state index contributed by atoms with van der Waals surface area (Å²) in [5, 5.41) is 7.35. The molecule has 1 aromatic carbocycles. The highest BCUT2D eigenvalue weighted by Gasteiger charge is 2.20. The summed E-state index contributed by atoms with van der Waals surface area (Å²) in [7, 11) is 0. The first-order valence-corrected chi connectivity index (χ1v) is 5.66. The van der Waals surface area contributed by atoms with E-state index in [2.05, 4.69) is 19.9 Å². The van der Waals surface area contributed by atoms with Crippen LogP contribution in [0.25, 0.3) is 22.4 Å². The van der Waals surface area contributed by atoms with Crippen LogP contribution in [-0.4, -0.2) is 21.1 Å². The summed E-state index contributed by atoms with van der Waals surface area (Å²) < 4.78 is 4.62. The first-order chi connectivity index (χ1) is 9.18. The van der Waals surface area contributed by atoms with E-state index in [1.54, 1.807) is 0 Å². The van der Waals surface area contributed by atoms with Gasteiger partial charge in [-0.2, -0.15) is 0 Å². The lowest BCUT2D eigenvalue weighted by atomic mass is 10.0. The molecule has 0 bridgehead atoms. The number of carbonyl (C=O) groups is 1. The maximum atomic E-state index is 11.8. The number of benzene rings is 1. The third kappa shape index (κ3) is 1.74. The second kappa shape index (κ2) is 4.16. The topological polar surface area (TPSA) is 94.9 Å². The molecule has 0 aliphatic heterocycles. The van der Waals surface area contributed by atoms with Crippen LogP contribution in [0.15, 0.2) is 35.0 Å². The Kier molecular flexibility index (Phi) is 2.49. The maximum Gasteiger partial charge on any atom is 0.226 e. The van der Waals surface area contributed by atoms with Crippen molar-refractivity contribution in [3.8, 4) is 11.3 Å². The highest BCUT2D eigenvalue weighted by atomic mass is 16.6. The predicted molar refractivity (Wildman–Crippen MR) is 69.5 cm³/mol. The van der Waals surface area contributed by atoms with E-state index < -0.39 is 0 Å². The van der Waals surface area contributed by atoms with Gasteiger partial charge in [0.05, 0.1) is 16.9 Å². The average molecular weight is 254 g/mol. The largest absolute Gasteiger partial charge is 0.396 e. The summed E-state index contributed by atoms with van der Waals surface area (Å²) >= 11 is 0. The van der Waals surface area contributed by atoms with Crippen molar-refractivity contribution in [1.82, 2.24) is 15.3 Å². The Hall–Kier alpha value is -2.76. The molecule has 3 rings (SSSR count). The quantitative estimate of drug-likeness (QED) is 0.703. The van der Waals surface area contributed by atoms with Gasteiger partial charge >= 0.3 is 0 Å². The molecule has 2 aromatic heterocycles. The monoisotopic (exact) mass is 254 g/mol. The van der Waals surface area contributed by atoms with Gasteiger partial charge in [-0.3, -0.25) is 4.79 Å². The van der Waals surface area contributed by atoms with Gasteiger partial charge in [0.1, 0.15) is 0 Å². The molecular formula is C13H10N4O2. The van der Waals surface area contributed by atoms with Crippen molar-refractivity contribution in [3.63, 3.8) is 0 Å². The van der Waals surface area contributed by atoms with E-state index in [1.807, 2.05) is 30.3 Å². The van der Waals surface area contributed by atoms with Crippen molar-refractivity contribution in [2.45, 2.75) is 6.92 Å². The SMILES string of the molecule is CC(=O)c1c(-c2ccccc2)nc2nonc2c1N. The molecule has 0 fully saturated rings. The lowest BCUT2D eigenvalue weighted by Crippen LogP contribution is -2.05. The van der Waals surface area contributed by atoms with Crippen LogP contribution in [0.4, 0.5) is 5.69 Å². The average Bonchev–Trinajstić information content (AvgIpc) is 2.87. The van der Waals surface area contributed by atoms with Crippen LogP contribution in [0.1, 0.15) is 17.3 Å². The van der Waals surface area contributed by atoms with Crippen LogP contribution in [0.3, 0.4) is 0 Å². The minimum absolute atomic E-state index is 0.172. The number of pyridine rings is 1. The van der Waals surface area contributed by atoms with E-state index in [4.69, 9.17) is 5.73 Å². The highest BCUT2D eigenvalue weighted by Crippen LogP contribution is 2.30. The van der Waals surface area contributed by atoms with E-state index in [0.29, 0.717) is 22.4 Å². The van der Waals surface area contributed by atoms with Gasteiger partial charge in [0.2, 0.25) is 5.65 Å². The van der Waals surface area contributed by atoms with Gasteiger partial charge in [-0.25, -0.2) is 9.61 Å². The molecule has 0 spiro atoms. The third-order valence-corrected chi connectivity index (χ3v) is 2.85. The first kappa shape index (κ1) is 11.3. The normalized spacial score (nSPS) is 10.8. The summed E-state index contributed by atoms with van der Waals surface area (Å²) in [4.78, 5) is 16.1. The van der Waals surface area contributed by atoms with E-state index in [0.717, 1.165) is 5.56 Å². The molecule has 6 heteroatoms. The minimum Gasteiger partial charge on any atom is -0.396 e. The number of aromatic nitrogens is 3. The van der Waals surface area contributed by atoms with Crippen LogP contribution >= 0.6 is 0 Å². The van der Waals surface area contributed by atoms with Gasteiger partial charge in [-0.05, 0) is 17.2 Å². The van der Waals surface area contributed by atoms with Gasteiger partial charge in [-0.1, -0.05) is 30.3 Å². The van der Waals surface area contributed by atoms with Crippen molar-refractivity contribution in [3.05, 3.63) is 35.9 Å². The van der Waals surface area contributed by atoms with Crippen LogP contribution in [-0.2, 0) is 0 Å². The number of fused-ring (bicyclic) bond motifs is 1. The molecule has 2 heterocycles. The second-order valence-corrected chi connectivity index (χ2v) is 4.11. The van der Waals surface area contributed by atoms with E-state index >= 15 is 0 Å². The summed E-state index contributed by atoms with van der Waals surface area (Å²) in [6, 6.07) is 9.32. The second-order valence-electron chi connectivity index (χ2n) is 4.11. The number of Topliss-reactive ketones (excluding diaryl/α,β-unsaturated/α-hetero) is 1. The Labute approximate surface area is 108 Å². The Morgan fingerprint density at radius 2 is 1.95 bits per heavy atom. The molecule has 6 nitrogen and oxygen atoms in total.